The summed E-state index contributed by atoms with van der Waals surface area (Å²) in [6, 6.07) is 21.0. The lowest BCUT2D eigenvalue weighted by molar-refractivity contribution is -0.114. The predicted octanol–water partition coefficient (Wildman–Crippen LogP) is 4.32. The Morgan fingerprint density at radius 1 is 1.07 bits per heavy atom. The molecular formula is C22H17N5OS. The van der Waals surface area contributed by atoms with Crippen LogP contribution in [0.5, 0.6) is 0 Å². The molecule has 1 aromatic heterocycles. The van der Waals surface area contributed by atoms with Gasteiger partial charge in [0.25, 0.3) is 0 Å². The molecule has 0 aliphatic carbocycles. The number of nitrogens with one attached hydrogen (secondary N) is 1. The molecule has 142 valence electrons. The number of carbonyl (C=O) groups excluding carboxylic acids is 1. The van der Waals surface area contributed by atoms with Crippen LogP contribution in [0.15, 0.2) is 59.6 Å². The maximum absolute atomic E-state index is 11.2. The van der Waals surface area contributed by atoms with Gasteiger partial charge in [-0.1, -0.05) is 42.5 Å². The Kier molecular flexibility index (Phi) is 6.13. The van der Waals surface area contributed by atoms with Gasteiger partial charge in [-0.25, -0.2) is 4.98 Å². The zero-order chi connectivity index (χ0) is 20.8. The molecule has 3 N–H and O–H groups in total. The number of nitrogens with zero attached hydrogens (tertiary/aromatic N) is 3. The number of anilines is 2. The topological polar surface area (TPSA) is 116 Å². The van der Waals surface area contributed by atoms with Crippen LogP contribution in [0.2, 0.25) is 0 Å². The number of nitriles is 2. The molecule has 0 spiro atoms. The molecule has 3 rings (SSSR count). The summed E-state index contributed by atoms with van der Waals surface area (Å²) >= 11 is 1.40. The van der Waals surface area contributed by atoms with Crippen LogP contribution >= 0.6 is 11.8 Å². The minimum absolute atomic E-state index is 0.0861. The van der Waals surface area contributed by atoms with Crippen LogP contribution in [0.3, 0.4) is 0 Å². The van der Waals surface area contributed by atoms with E-state index in [1.807, 2.05) is 30.3 Å². The quantitative estimate of drug-likeness (QED) is 0.617. The summed E-state index contributed by atoms with van der Waals surface area (Å²) in [6.45, 7) is 1.43. The largest absolute Gasteiger partial charge is 0.383 e. The summed E-state index contributed by atoms with van der Waals surface area (Å²) in [5.41, 5.74) is 9.34. The van der Waals surface area contributed by atoms with E-state index < -0.39 is 0 Å². The number of hydrogen-bond donors (Lipinski definition) is 2. The Balaban J connectivity index is 2.05. The number of nitrogens with two attached hydrogens (primary N) is 1. The second-order valence-corrected chi connectivity index (χ2v) is 7.15. The number of nitrogen functional groups attached to an aromatic ring is 1. The molecule has 0 atom stereocenters. The summed E-state index contributed by atoms with van der Waals surface area (Å²) in [7, 11) is 0. The zero-order valence-electron chi connectivity index (χ0n) is 15.6. The molecule has 2 aromatic carbocycles. The minimum Gasteiger partial charge on any atom is -0.383 e. The van der Waals surface area contributed by atoms with Crippen LogP contribution in [0.4, 0.5) is 11.5 Å². The highest BCUT2D eigenvalue weighted by Gasteiger charge is 2.20. The molecule has 1 amide bonds. The monoisotopic (exact) mass is 399 g/mol. The number of hydrogen-bond acceptors (Lipinski definition) is 6. The first-order valence-electron chi connectivity index (χ1n) is 8.72. The fourth-order valence-electron chi connectivity index (χ4n) is 2.84. The maximum atomic E-state index is 11.2. The van der Waals surface area contributed by atoms with Gasteiger partial charge >= 0.3 is 0 Å². The van der Waals surface area contributed by atoms with Gasteiger partial charge in [0.2, 0.25) is 5.91 Å². The van der Waals surface area contributed by atoms with E-state index in [1.165, 1.54) is 18.7 Å². The van der Waals surface area contributed by atoms with Gasteiger partial charge in [-0.3, -0.25) is 4.79 Å². The van der Waals surface area contributed by atoms with Gasteiger partial charge in [0.15, 0.2) is 0 Å². The molecule has 0 fully saturated rings. The van der Waals surface area contributed by atoms with Crippen LogP contribution in [-0.4, -0.2) is 10.9 Å². The lowest BCUT2D eigenvalue weighted by atomic mass is 9.96. The molecule has 0 aliphatic rings. The third-order valence-electron chi connectivity index (χ3n) is 4.13. The molecule has 0 unspecified atom stereocenters. The van der Waals surface area contributed by atoms with Crippen LogP contribution in [0, 0.1) is 22.7 Å². The Morgan fingerprint density at radius 2 is 1.72 bits per heavy atom. The smallest absolute Gasteiger partial charge is 0.221 e. The molecule has 3 aromatic rings. The van der Waals surface area contributed by atoms with Gasteiger partial charge in [0.05, 0.1) is 5.56 Å². The average molecular weight is 399 g/mol. The minimum atomic E-state index is -0.180. The highest BCUT2D eigenvalue weighted by molar-refractivity contribution is 7.98. The summed E-state index contributed by atoms with van der Waals surface area (Å²) in [4.78, 5) is 15.5. The van der Waals surface area contributed by atoms with E-state index in [2.05, 4.69) is 22.4 Å². The van der Waals surface area contributed by atoms with Crippen LogP contribution < -0.4 is 11.1 Å². The molecule has 0 saturated carbocycles. The Labute approximate surface area is 173 Å². The van der Waals surface area contributed by atoms with Crippen molar-refractivity contribution in [1.29, 1.82) is 10.5 Å². The van der Waals surface area contributed by atoms with Crippen LogP contribution in [0.25, 0.3) is 11.1 Å². The second kappa shape index (κ2) is 8.92. The Bertz CT molecular complexity index is 1130. The van der Waals surface area contributed by atoms with Crippen molar-refractivity contribution in [1.82, 2.24) is 4.98 Å². The first-order chi connectivity index (χ1) is 14.0. The van der Waals surface area contributed by atoms with E-state index >= 15 is 0 Å². The van der Waals surface area contributed by atoms with E-state index in [0.29, 0.717) is 33.2 Å². The maximum Gasteiger partial charge on any atom is 0.221 e. The number of rotatable bonds is 5. The van der Waals surface area contributed by atoms with E-state index in [-0.39, 0.29) is 17.3 Å². The number of thioether (sulfide) groups is 1. The number of carbonyl (C=O) groups is 1. The van der Waals surface area contributed by atoms with Gasteiger partial charge in [0, 0.05) is 23.9 Å². The Morgan fingerprint density at radius 3 is 2.31 bits per heavy atom. The highest BCUT2D eigenvalue weighted by Crippen LogP contribution is 2.36. The SMILES string of the molecule is CC(=O)Nc1ccc(-c2c(C#N)c(N)nc(SCc3ccccc3)c2C#N)cc1. The summed E-state index contributed by atoms with van der Waals surface area (Å²) in [6.07, 6.45) is 0. The fourth-order valence-corrected chi connectivity index (χ4v) is 3.79. The molecular weight excluding hydrogens is 382 g/mol. The summed E-state index contributed by atoms with van der Waals surface area (Å²) in [5.74, 6) is 0.526. The third kappa shape index (κ3) is 4.55. The first-order valence-corrected chi connectivity index (χ1v) is 9.70. The lowest BCUT2D eigenvalue weighted by Crippen LogP contribution is -2.06. The van der Waals surface area contributed by atoms with Crippen molar-refractivity contribution in [3.05, 3.63) is 71.3 Å². The molecule has 6 nitrogen and oxygen atoms in total. The number of pyridine rings is 1. The van der Waals surface area contributed by atoms with E-state index in [9.17, 15) is 15.3 Å². The molecule has 0 bridgehead atoms. The normalized spacial score (nSPS) is 10.0. The first kappa shape index (κ1) is 19.9. The fraction of sp³-hybridized carbons (Fsp3) is 0.0909. The second-order valence-electron chi connectivity index (χ2n) is 6.18. The van der Waals surface area contributed by atoms with Gasteiger partial charge < -0.3 is 11.1 Å². The highest BCUT2D eigenvalue weighted by atomic mass is 32.2. The van der Waals surface area contributed by atoms with Crippen molar-refractivity contribution in [2.24, 2.45) is 0 Å². The van der Waals surface area contributed by atoms with Gasteiger partial charge in [0.1, 0.15) is 28.5 Å². The van der Waals surface area contributed by atoms with E-state index in [0.717, 1.165) is 5.56 Å². The van der Waals surface area contributed by atoms with Gasteiger partial charge in [-0.05, 0) is 23.3 Å². The molecule has 0 aliphatic heterocycles. The Hall–Kier alpha value is -3.81. The van der Waals surface area contributed by atoms with E-state index in [1.54, 1.807) is 24.3 Å². The van der Waals surface area contributed by atoms with Crippen molar-refractivity contribution in [2.45, 2.75) is 17.7 Å². The average Bonchev–Trinajstić information content (AvgIpc) is 2.72. The molecule has 7 heteroatoms. The summed E-state index contributed by atoms with van der Waals surface area (Å²) in [5, 5.41) is 22.6. The molecule has 0 radical (unpaired) electrons. The number of amides is 1. The standard InChI is InChI=1S/C22H17N5OS/c1-14(28)26-17-9-7-16(8-10-17)20-18(11-23)21(25)27-22(19(20)12-24)29-13-15-5-3-2-4-6-15/h2-10H,13H2,1H3,(H2,25,27)(H,26,28). The van der Waals surface area contributed by atoms with Crippen LogP contribution in [-0.2, 0) is 10.5 Å². The van der Waals surface area contributed by atoms with E-state index in [4.69, 9.17) is 5.73 Å². The summed E-state index contributed by atoms with van der Waals surface area (Å²) < 4.78 is 0. The van der Waals surface area contributed by atoms with Crippen molar-refractivity contribution >= 4 is 29.2 Å². The van der Waals surface area contributed by atoms with Crippen molar-refractivity contribution in [3.8, 4) is 23.3 Å². The van der Waals surface area contributed by atoms with Gasteiger partial charge in [-0.2, -0.15) is 10.5 Å². The van der Waals surface area contributed by atoms with Gasteiger partial charge in [-0.15, -0.1) is 11.8 Å². The molecule has 29 heavy (non-hydrogen) atoms. The van der Waals surface area contributed by atoms with Crippen molar-refractivity contribution < 1.29 is 4.79 Å². The van der Waals surface area contributed by atoms with Crippen molar-refractivity contribution in [2.75, 3.05) is 11.1 Å². The predicted molar refractivity (Wildman–Crippen MR) is 114 cm³/mol. The van der Waals surface area contributed by atoms with Crippen LogP contribution in [0.1, 0.15) is 23.6 Å². The zero-order valence-corrected chi connectivity index (χ0v) is 16.5. The number of benzene rings is 2. The lowest BCUT2D eigenvalue weighted by Gasteiger charge is -2.13. The van der Waals surface area contributed by atoms with Crippen molar-refractivity contribution in [3.63, 3.8) is 0 Å². The third-order valence-corrected chi connectivity index (χ3v) is 5.17. The number of aromatic nitrogens is 1. The molecule has 0 saturated heterocycles. The molecule has 1 heterocycles.